The molecule has 5 nitrogen and oxygen atoms in total. The molecule has 0 aliphatic carbocycles. The summed E-state index contributed by atoms with van der Waals surface area (Å²) in [5.41, 5.74) is 1.02. The molecule has 2 rings (SSSR count). The minimum absolute atomic E-state index is 0.497. The molecule has 0 aliphatic rings. The highest BCUT2D eigenvalue weighted by molar-refractivity contribution is 6.30. The lowest BCUT2D eigenvalue weighted by molar-refractivity contribution is -0.139. The number of carboxylic acid groups (broad SMARTS) is 1. The summed E-state index contributed by atoms with van der Waals surface area (Å²) >= 11 is 5.75. The van der Waals surface area contributed by atoms with Gasteiger partial charge >= 0.3 is 12.0 Å². The molecular weight excluding hydrogens is 292 g/mol. The van der Waals surface area contributed by atoms with Crippen molar-refractivity contribution in [2.75, 3.05) is 5.32 Å². The monoisotopic (exact) mass is 304 g/mol. The number of anilines is 1. The maximum Gasteiger partial charge on any atom is 0.330 e. The summed E-state index contributed by atoms with van der Waals surface area (Å²) < 4.78 is 0. The number of carbonyl (C=O) groups is 2. The summed E-state index contributed by atoms with van der Waals surface area (Å²) in [5.74, 6) is -1.13. The second-order valence-electron chi connectivity index (χ2n) is 4.29. The molecule has 0 bridgehead atoms. The van der Waals surface area contributed by atoms with Crippen LogP contribution in [0.25, 0.3) is 0 Å². The Morgan fingerprint density at radius 3 is 2.19 bits per heavy atom. The van der Waals surface area contributed by atoms with Crippen LogP contribution in [0.3, 0.4) is 0 Å². The van der Waals surface area contributed by atoms with Gasteiger partial charge in [0.15, 0.2) is 6.04 Å². The van der Waals surface area contributed by atoms with Gasteiger partial charge in [0.1, 0.15) is 0 Å². The molecule has 0 heterocycles. The summed E-state index contributed by atoms with van der Waals surface area (Å²) in [7, 11) is 0. The second-order valence-corrected chi connectivity index (χ2v) is 4.72. The van der Waals surface area contributed by atoms with Crippen LogP contribution in [-0.2, 0) is 4.79 Å². The molecule has 0 spiro atoms. The van der Waals surface area contributed by atoms with Crippen molar-refractivity contribution in [1.82, 2.24) is 5.32 Å². The molecule has 3 N–H and O–H groups in total. The van der Waals surface area contributed by atoms with Crippen LogP contribution in [0, 0.1) is 0 Å². The molecule has 0 aromatic heterocycles. The van der Waals surface area contributed by atoms with E-state index in [4.69, 9.17) is 11.6 Å². The first-order valence-electron chi connectivity index (χ1n) is 6.17. The third-order valence-electron chi connectivity index (χ3n) is 2.76. The predicted octanol–water partition coefficient (Wildman–Crippen LogP) is 3.29. The van der Waals surface area contributed by atoms with Crippen molar-refractivity contribution in [3.63, 3.8) is 0 Å². The highest BCUT2D eigenvalue weighted by Crippen LogP contribution is 2.15. The van der Waals surface area contributed by atoms with E-state index in [1.54, 1.807) is 54.6 Å². The Morgan fingerprint density at radius 1 is 1.00 bits per heavy atom. The van der Waals surface area contributed by atoms with Crippen molar-refractivity contribution in [1.29, 1.82) is 0 Å². The topological polar surface area (TPSA) is 78.4 Å². The molecule has 2 aromatic carbocycles. The molecule has 108 valence electrons. The zero-order chi connectivity index (χ0) is 15.2. The largest absolute Gasteiger partial charge is 0.479 e. The molecule has 0 saturated heterocycles. The first-order valence-corrected chi connectivity index (χ1v) is 6.55. The fourth-order valence-corrected chi connectivity index (χ4v) is 1.89. The Bertz CT molecular complexity index is 629. The minimum Gasteiger partial charge on any atom is -0.479 e. The Kier molecular flexibility index (Phi) is 4.79. The predicted molar refractivity (Wildman–Crippen MR) is 80.4 cm³/mol. The van der Waals surface area contributed by atoms with Crippen molar-refractivity contribution >= 4 is 29.3 Å². The molecule has 1 unspecified atom stereocenters. The summed E-state index contributed by atoms with van der Waals surface area (Å²) in [4.78, 5) is 23.1. The molecule has 0 radical (unpaired) electrons. The summed E-state index contributed by atoms with van der Waals surface area (Å²) in [6, 6.07) is 13.3. The van der Waals surface area contributed by atoms with Crippen molar-refractivity contribution in [3.05, 3.63) is 65.2 Å². The fourth-order valence-electron chi connectivity index (χ4n) is 1.76. The highest BCUT2D eigenvalue weighted by atomic mass is 35.5. The minimum atomic E-state index is -1.13. The maximum atomic E-state index is 11.9. The highest BCUT2D eigenvalue weighted by Gasteiger charge is 2.21. The third kappa shape index (κ3) is 4.22. The van der Waals surface area contributed by atoms with Crippen LogP contribution < -0.4 is 10.6 Å². The van der Waals surface area contributed by atoms with Gasteiger partial charge < -0.3 is 15.7 Å². The van der Waals surface area contributed by atoms with E-state index in [1.165, 1.54) is 0 Å². The number of aliphatic carboxylic acids is 1. The lowest BCUT2D eigenvalue weighted by Gasteiger charge is -2.15. The maximum absolute atomic E-state index is 11.9. The number of carbonyl (C=O) groups excluding carboxylic acids is 1. The van der Waals surface area contributed by atoms with E-state index in [0.717, 1.165) is 0 Å². The Labute approximate surface area is 126 Å². The average molecular weight is 305 g/mol. The molecular formula is C15H13ClN2O3. The van der Waals surface area contributed by atoms with E-state index in [-0.39, 0.29) is 0 Å². The van der Waals surface area contributed by atoms with Gasteiger partial charge in [-0.2, -0.15) is 0 Å². The van der Waals surface area contributed by atoms with Crippen LogP contribution in [0.4, 0.5) is 10.5 Å². The molecule has 0 aliphatic heterocycles. The molecule has 1 atom stereocenters. The quantitative estimate of drug-likeness (QED) is 0.811. The van der Waals surface area contributed by atoms with Crippen LogP contribution >= 0.6 is 11.6 Å². The van der Waals surface area contributed by atoms with Crippen molar-refractivity contribution < 1.29 is 14.7 Å². The van der Waals surface area contributed by atoms with E-state index < -0.39 is 18.0 Å². The molecule has 0 saturated carbocycles. The van der Waals surface area contributed by atoms with Gasteiger partial charge in [-0.3, -0.25) is 0 Å². The van der Waals surface area contributed by atoms with E-state index in [0.29, 0.717) is 16.3 Å². The number of urea groups is 1. The summed E-state index contributed by atoms with van der Waals surface area (Å²) in [5, 5.41) is 14.7. The van der Waals surface area contributed by atoms with Gasteiger partial charge in [0.05, 0.1) is 0 Å². The molecule has 2 aromatic rings. The van der Waals surface area contributed by atoms with E-state index in [9.17, 15) is 14.7 Å². The molecule has 6 heteroatoms. The van der Waals surface area contributed by atoms with Gasteiger partial charge in [-0.1, -0.05) is 41.9 Å². The van der Waals surface area contributed by atoms with Crippen LogP contribution in [0.15, 0.2) is 54.6 Å². The Balaban J connectivity index is 2.05. The summed E-state index contributed by atoms with van der Waals surface area (Å²) in [6.45, 7) is 0. The van der Waals surface area contributed by atoms with Gasteiger partial charge in [-0.05, 0) is 29.8 Å². The van der Waals surface area contributed by atoms with Crippen molar-refractivity contribution in [2.24, 2.45) is 0 Å². The van der Waals surface area contributed by atoms with Crippen LogP contribution in [-0.4, -0.2) is 17.1 Å². The first kappa shape index (κ1) is 14.9. The van der Waals surface area contributed by atoms with Crippen molar-refractivity contribution in [3.8, 4) is 0 Å². The van der Waals surface area contributed by atoms with Gasteiger partial charge in [-0.15, -0.1) is 0 Å². The molecule has 21 heavy (non-hydrogen) atoms. The average Bonchev–Trinajstić information content (AvgIpc) is 2.48. The Morgan fingerprint density at radius 2 is 1.62 bits per heavy atom. The number of benzene rings is 2. The summed E-state index contributed by atoms with van der Waals surface area (Å²) in [6.07, 6.45) is 0. The van der Waals surface area contributed by atoms with E-state index in [1.807, 2.05) is 0 Å². The standard InChI is InChI=1S/C15H13ClN2O3/c16-11-6-8-12(9-7-11)17-15(21)18-13(14(19)20)10-4-2-1-3-5-10/h1-9,13H,(H,19,20)(H2,17,18,21). The van der Waals surface area contributed by atoms with Crippen molar-refractivity contribution in [2.45, 2.75) is 6.04 Å². The number of hydrogen-bond donors (Lipinski definition) is 3. The number of carboxylic acids is 1. The number of nitrogens with one attached hydrogen (secondary N) is 2. The smallest absolute Gasteiger partial charge is 0.330 e. The van der Waals surface area contributed by atoms with Crippen LogP contribution in [0.2, 0.25) is 5.02 Å². The Hall–Kier alpha value is -2.53. The second kappa shape index (κ2) is 6.76. The number of halogens is 1. The fraction of sp³-hybridized carbons (Fsp3) is 0.0667. The first-order chi connectivity index (χ1) is 10.1. The lowest BCUT2D eigenvalue weighted by Crippen LogP contribution is -2.36. The third-order valence-corrected chi connectivity index (χ3v) is 3.01. The normalized spacial score (nSPS) is 11.5. The van der Waals surface area contributed by atoms with Gasteiger partial charge in [0.2, 0.25) is 0 Å². The zero-order valence-corrected chi connectivity index (χ0v) is 11.7. The van der Waals surface area contributed by atoms with E-state index >= 15 is 0 Å². The van der Waals surface area contributed by atoms with Gasteiger partial charge in [0, 0.05) is 10.7 Å². The number of hydrogen-bond acceptors (Lipinski definition) is 2. The van der Waals surface area contributed by atoms with E-state index in [2.05, 4.69) is 10.6 Å². The number of amides is 2. The molecule has 2 amide bonds. The molecule has 0 fully saturated rings. The van der Waals surface area contributed by atoms with Gasteiger partial charge in [-0.25, -0.2) is 9.59 Å². The SMILES string of the molecule is O=C(Nc1ccc(Cl)cc1)NC(C(=O)O)c1ccccc1. The van der Waals surface area contributed by atoms with Crippen LogP contribution in [0.1, 0.15) is 11.6 Å². The zero-order valence-electron chi connectivity index (χ0n) is 10.9. The van der Waals surface area contributed by atoms with Crippen LogP contribution in [0.5, 0.6) is 0 Å². The van der Waals surface area contributed by atoms with Gasteiger partial charge in [0.25, 0.3) is 0 Å². The lowest BCUT2D eigenvalue weighted by atomic mass is 10.1. The number of rotatable bonds is 4.